The molecule has 0 amide bonds. The molecule has 5 nitrogen and oxygen atoms in total. The van der Waals surface area contributed by atoms with Crippen molar-refractivity contribution < 1.29 is 9.53 Å². The molecule has 0 N–H and O–H groups in total. The number of benzene rings is 1. The van der Waals surface area contributed by atoms with Gasteiger partial charge in [-0.15, -0.1) is 0 Å². The lowest BCUT2D eigenvalue weighted by Gasteiger charge is -2.17. The highest BCUT2D eigenvalue weighted by Gasteiger charge is 2.05. The second-order valence-corrected chi connectivity index (χ2v) is 5.23. The molecule has 0 saturated carbocycles. The van der Waals surface area contributed by atoms with Crippen LogP contribution in [-0.2, 0) is 16.0 Å². The summed E-state index contributed by atoms with van der Waals surface area (Å²) in [6.07, 6.45) is 5.02. The molecule has 0 aromatic heterocycles. The van der Waals surface area contributed by atoms with Crippen LogP contribution in [0.3, 0.4) is 0 Å². The highest BCUT2D eigenvalue weighted by atomic mass is 35.5. The number of likely N-dealkylation sites (N-methyl/N-ethyl adjacent to an activating group) is 1. The fraction of sp³-hybridized carbons (Fsp3) is 0.278. The van der Waals surface area contributed by atoms with Gasteiger partial charge in [-0.2, -0.15) is 10.5 Å². The Morgan fingerprint density at radius 1 is 1.29 bits per heavy atom. The minimum atomic E-state index is -0.298. The van der Waals surface area contributed by atoms with Gasteiger partial charge in [0.2, 0.25) is 0 Å². The Morgan fingerprint density at radius 3 is 2.54 bits per heavy atom. The smallest absolute Gasteiger partial charge is 0.310 e. The summed E-state index contributed by atoms with van der Waals surface area (Å²) in [5.41, 5.74) is 0.888. The van der Waals surface area contributed by atoms with Crippen LogP contribution >= 0.6 is 11.6 Å². The number of nitriles is 2. The molecule has 1 aromatic carbocycles. The van der Waals surface area contributed by atoms with E-state index in [9.17, 15) is 4.79 Å². The van der Waals surface area contributed by atoms with Crippen LogP contribution in [0.25, 0.3) is 0 Å². The predicted octanol–water partition coefficient (Wildman–Crippen LogP) is 3.23. The molecule has 0 bridgehead atoms. The normalized spacial score (nSPS) is 9.83. The minimum absolute atomic E-state index is 0.0386. The maximum Gasteiger partial charge on any atom is 0.310 e. The molecule has 0 aliphatic heterocycles. The van der Waals surface area contributed by atoms with E-state index in [1.807, 2.05) is 11.8 Å². The lowest BCUT2D eigenvalue weighted by atomic mass is 10.1. The Labute approximate surface area is 147 Å². The van der Waals surface area contributed by atoms with Gasteiger partial charge < -0.3 is 9.64 Å². The Balaban J connectivity index is 2.38. The van der Waals surface area contributed by atoms with Crippen molar-refractivity contribution in [3.8, 4) is 12.1 Å². The average Bonchev–Trinajstić information content (AvgIpc) is 2.59. The highest BCUT2D eigenvalue weighted by Crippen LogP contribution is 2.10. The SMILES string of the molecule is CCN(C=CC=C(C#N)C#N)CCOC(=O)Cc1ccc(Cl)cc1. The first-order valence-corrected chi connectivity index (χ1v) is 7.79. The molecule has 0 fully saturated rings. The number of allylic oxidation sites excluding steroid dienone is 3. The second-order valence-electron chi connectivity index (χ2n) is 4.80. The van der Waals surface area contributed by atoms with Gasteiger partial charge >= 0.3 is 5.97 Å². The second kappa shape index (κ2) is 10.9. The topological polar surface area (TPSA) is 77.1 Å². The van der Waals surface area contributed by atoms with Crippen LogP contribution < -0.4 is 0 Å². The first-order valence-electron chi connectivity index (χ1n) is 7.41. The van der Waals surface area contributed by atoms with E-state index in [1.54, 1.807) is 48.7 Å². The molecule has 1 rings (SSSR count). The molecule has 1 aromatic rings. The van der Waals surface area contributed by atoms with Crippen molar-refractivity contribution in [2.45, 2.75) is 13.3 Å². The van der Waals surface area contributed by atoms with Crippen molar-refractivity contribution >= 4 is 17.6 Å². The van der Waals surface area contributed by atoms with Crippen molar-refractivity contribution in [2.24, 2.45) is 0 Å². The van der Waals surface area contributed by atoms with E-state index in [2.05, 4.69) is 0 Å². The largest absolute Gasteiger partial charge is 0.464 e. The van der Waals surface area contributed by atoms with Gasteiger partial charge in [0.1, 0.15) is 24.3 Å². The van der Waals surface area contributed by atoms with E-state index in [4.69, 9.17) is 26.9 Å². The zero-order chi connectivity index (χ0) is 17.8. The quantitative estimate of drug-likeness (QED) is 0.411. The van der Waals surface area contributed by atoms with Crippen molar-refractivity contribution in [3.05, 3.63) is 58.8 Å². The summed E-state index contributed by atoms with van der Waals surface area (Å²) in [6, 6.07) is 10.6. The summed E-state index contributed by atoms with van der Waals surface area (Å²) in [5, 5.41) is 17.9. The molecule has 24 heavy (non-hydrogen) atoms. The number of carbonyl (C=O) groups excluding carboxylic acids is 1. The van der Waals surface area contributed by atoms with Crippen LogP contribution in [0.2, 0.25) is 5.02 Å². The molecule has 0 unspecified atom stereocenters. The molecule has 6 heteroatoms. The van der Waals surface area contributed by atoms with Gasteiger partial charge in [-0.1, -0.05) is 23.7 Å². The van der Waals surface area contributed by atoms with Gasteiger partial charge in [0.05, 0.1) is 13.0 Å². The Kier molecular flexibility index (Phi) is 8.74. The van der Waals surface area contributed by atoms with Crippen LogP contribution in [0, 0.1) is 22.7 Å². The number of ether oxygens (including phenoxy) is 1. The van der Waals surface area contributed by atoms with Gasteiger partial charge in [-0.05, 0) is 43.0 Å². The molecule has 0 aliphatic carbocycles. The van der Waals surface area contributed by atoms with Crippen LogP contribution in [0.1, 0.15) is 12.5 Å². The summed E-state index contributed by atoms with van der Waals surface area (Å²) in [6.45, 7) is 3.46. The van der Waals surface area contributed by atoms with E-state index >= 15 is 0 Å². The number of carbonyl (C=O) groups is 1. The number of nitrogens with zero attached hydrogens (tertiary/aromatic N) is 3. The predicted molar refractivity (Wildman–Crippen MR) is 91.8 cm³/mol. The highest BCUT2D eigenvalue weighted by molar-refractivity contribution is 6.30. The lowest BCUT2D eigenvalue weighted by molar-refractivity contribution is -0.143. The van der Waals surface area contributed by atoms with Crippen molar-refractivity contribution in [2.75, 3.05) is 19.7 Å². The molecule has 0 saturated heterocycles. The number of hydrogen-bond donors (Lipinski definition) is 0. The van der Waals surface area contributed by atoms with Crippen LogP contribution in [-0.4, -0.2) is 30.6 Å². The molecule has 0 radical (unpaired) electrons. The fourth-order valence-electron chi connectivity index (χ4n) is 1.80. The van der Waals surface area contributed by atoms with Crippen molar-refractivity contribution in [1.29, 1.82) is 10.5 Å². The van der Waals surface area contributed by atoms with E-state index in [-0.39, 0.29) is 24.6 Å². The number of rotatable bonds is 8. The number of esters is 1. The van der Waals surface area contributed by atoms with Crippen LogP contribution in [0.4, 0.5) is 0 Å². The maximum atomic E-state index is 11.8. The average molecular weight is 344 g/mol. The summed E-state index contributed by atoms with van der Waals surface area (Å²) >= 11 is 5.79. The minimum Gasteiger partial charge on any atom is -0.464 e. The maximum absolute atomic E-state index is 11.8. The van der Waals surface area contributed by atoms with Gasteiger partial charge in [0, 0.05) is 11.6 Å². The molecule has 0 heterocycles. The van der Waals surface area contributed by atoms with Crippen molar-refractivity contribution in [3.63, 3.8) is 0 Å². The molecule has 0 spiro atoms. The summed E-state index contributed by atoms with van der Waals surface area (Å²) in [7, 11) is 0. The third-order valence-electron chi connectivity index (χ3n) is 3.11. The third kappa shape index (κ3) is 7.49. The summed E-state index contributed by atoms with van der Waals surface area (Å²) in [4.78, 5) is 13.7. The Hall–Kier alpha value is -2.76. The summed E-state index contributed by atoms with van der Waals surface area (Å²) in [5.74, 6) is -0.298. The molecular formula is C18H18ClN3O2. The van der Waals surface area contributed by atoms with E-state index in [0.717, 1.165) is 5.56 Å². The molecule has 0 aliphatic rings. The number of hydrogen-bond acceptors (Lipinski definition) is 5. The number of halogens is 1. The van der Waals surface area contributed by atoms with Crippen LogP contribution in [0.5, 0.6) is 0 Å². The fourth-order valence-corrected chi connectivity index (χ4v) is 1.92. The van der Waals surface area contributed by atoms with E-state index in [1.165, 1.54) is 6.08 Å². The molecule has 124 valence electrons. The van der Waals surface area contributed by atoms with E-state index in [0.29, 0.717) is 18.1 Å². The standard InChI is InChI=1S/C18H18ClN3O2/c1-2-22(9-3-4-16(13-20)14-21)10-11-24-18(23)12-15-5-7-17(19)8-6-15/h3-9H,2,10-12H2,1H3. The summed E-state index contributed by atoms with van der Waals surface area (Å²) < 4.78 is 5.21. The van der Waals surface area contributed by atoms with E-state index < -0.39 is 0 Å². The Bertz CT molecular complexity index is 666. The molecule has 0 atom stereocenters. The van der Waals surface area contributed by atoms with Gasteiger partial charge in [-0.3, -0.25) is 4.79 Å². The first kappa shape index (κ1) is 19.3. The zero-order valence-electron chi connectivity index (χ0n) is 13.4. The monoisotopic (exact) mass is 343 g/mol. The lowest BCUT2D eigenvalue weighted by Crippen LogP contribution is -2.23. The van der Waals surface area contributed by atoms with Crippen LogP contribution in [0.15, 0.2) is 48.2 Å². The third-order valence-corrected chi connectivity index (χ3v) is 3.36. The first-order chi connectivity index (χ1) is 11.6. The van der Waals surface area contributed by atoms with Gasteiger partial charge in [0.25, 0.3) is 0 Å². The zero-order valence-corrected chi connectivity index (χ0v) is 14.2. The van der Waals surface area contributed by atoms with Crippen molar-refractivity contribution in [1.82, 2.24) is 4.90 Å². The van der Waals surface area contributed by atoms with Gasteiger partial charge in [0.15, 0.2) is 0 Å². The molecular weight excluding hydrogens is 326 g/mol. The Morgan fingerprint density at radius 2 is 1.96 bits per heavy atom. The van der Waals surface area contributed by atoms with Gasteiger partial charge in [-0.25, -0.2) is 0 Å².